The number of ether oxygens (including phenoxy) is 1. The largest absolute Gasteiger partial charge is 0.387 e. The van der Waals surface area contributed by atoms with E-state index in [4.69, 9.17) is 22.7 Å². The van der Waals surface area contributed by atoms with Gasteiger partial charge in [-0.3, -0.25) is 4.79 Å². The van der Waals surface area contributed by atoms with Crippen LogP contribution in [0.3, 0.4) is 0 Å². The number of nitrogens with two attached hydrogens (primary N) is 1. The SMILES string of the molecule is COCCCNC(=O)C(C)n1cnc(C(N)=S)n1. The molecule has 1 unspecified atom stereocenters. The molecular weight excluding hydrogens is 254 g/mol. The summed E-state index contributed by atoms with van der Waals surface area (Å²) in [6.45, 7) is 2.90. The summed E-state index contributed by atoms with van der Waals surface area (Å²) in [4.78, 5) is 15.8. The van der Waals surface area contributed by atoms with Crippen LogP contribution in [0.25, 0.3) is 0 Å². The fourth-order valence-corrected chi connectivity index (χ4v) is 1.36. The average Bonchev–Trinajstić information content (AvgIpc) is 2.83. The monoisotopic (exact) mass is 271 g/mol. The predicted molar refractivity (Wildman–Crippen MR) is 70.1 cm³/mol. The van der Waals surface area contributed by atoms with Crippen molar-refractivity contribution in [2.24, 2.45) is 5.73 Å². The Bertz CT molecular complexity index is 420. The Morgan fingerprint density at radius 1 is 1.72 bits per heavy atom. The van der Waals surface area contributed by atoms with E-state index < -0.39 is 6.04 Å². The van der Waals surface area contributed by atoms with E-state index in [0.29, 0.717) is 13.2 Å². The average molecular weight is 271 g/mol. The molecule has 0 fully saturated rings. The third kappa shape index (κ3) is 4.04. The van der Waals surface area contributed by atoms with Crippen molar-refractivity contribution in [3.8, 4) is 0 Å². The third-order valence-corrected chi connectivity index (χ3v) is 2.51. The highest BCUT2D eigenvalue weighted by Gasteiger charge is 2.16. The molecule has 1 rings (SSSR count). The molecule has 1 amide bonds. The molecular formula is C10H17N5O2S. The van der Waals surface area contributed by atoms with Crippen molar-refractivity contribution in [3.63, 3.8) is 0 Å². The molecule has 1 heterocycles. The van der Waals surface area contributed by atoms with E-state index in [1.54, 1.807) is 14.0 Å². The van der Waals surface area contributed by atoms with Crippen LogP contribution in [0.1, 0.15) is 25.2 Å². The summed E-state index contributed by atoms with van der Waals surface area (Å²) >= 11 is 4.75. The molecule has 3 N–H and O–H groups in total. The van der Waals surface area contributed by atoms with Crippen LogP contribution in [-0.2, 0) is 9.53 Å². The van der Waals surface area contributed by atoms with Crippen molar-refractivity contribution < 1.29 is 9.53 Å². The lowest BCUT2D eigenvalue weighted by molar-refractivity contribution is -0.124. The van der Waals surface area contributed by atoms with Crippen LogP contribution >= 0.6 is 12.2 Å². The maximum atomic E-state index is 11.8. The molecule has 100 valence electrons. The van der Waals surface area contributed by atoms with Gasteiger partial charge >= 0.3 is 0 Å². The van der Waals surface area contributed by atoms with Crippen molar-refractivity contribution in [2.45, 2.75) is 19.4 Å². The van der Waals surface area contributed by atoms with Gasteiger partial charge in [-0.25, -0.2) is 9.67 Å². The van der Waals surface area contributed by atoms with Gasteiger partial charge in [-0.15, -0.1) is 5.10 Å². The maximum Gasteiger partial charge on any atom is 0.244 e. The fraction of sp³-hybridized carbons (Fsp3) is 0.600. The predicted octanol–water partition coefficient (Wildman–Crippen LogP) is -0.374. The van der Waals surface area contributed by atoms with Crippen LogP contribution in [0.15, 0.2) is 6.33 Å². The Morgan fingerprint density at radius 3 is 3.00 bits per heavy atom. The van der Waals surface area contributed by atoms with E-state index in [9.17, 15) is 4.79 Å². The van der Waals surface area contributed by atoms with Crippen LogP contribution < -0.4 is 11.1 Å². The highest BCUT2D eigenvalue weighted by Crippen LogP contribution is 2.03. The summed E-state index contributed by atoms with van der Waals surface area (Å²) in [5, 5.41) is 6.81. The number of carbonyl (C=O) groups is 1. The van der Waals surface area contributed by atoms with Gasteiger partial charge < -0.3 is 15.8 Å². The van der Waals surface area contributed by atoms with Gasteiger partial charge in [0.05, 0.1) is 0 Å². The Kier molecular flexibility index (Phi) is 5.66. The molecule has 0 aliphatic carbocycles. The zero-order chi connectivity index (χ0) is 13.5. The highest BCUT2D eigenvalue weighted by molar-refractivity contribution is 7.80. The number of thiocarbonyl (C=S) groups is 1. The molecule has 0 bridgehead atoms. The van der Waals surface area contributed by atoms with Gasteiger partial charge in [0, 0.05) is 20.3 Å². The second-order valence-electron chi connectivity index (χ2n) is 3.73. The van der Waals surface area contributed by atoms with Crippen LogP contribution in [-0.4, -0.2) is 45.9 Å². The molecule has 18 heavy (non-hydrogen) atoms. The van der Waals surface area contributed by atoms with Gasteiger partial charge in [0.1, 0.15) is 17.4 Å². The minimum absolute atomic E-state index is 0.112. The van der Waals surface area contributed by atoms with E-state index in [2.05, 4.69) is 15.4 Å². The lowest BCUT2D eigenvalue weighted by atomic mass is 10.3. The van der Waals surface area contributed by atoms with E-state index in [0.717, 1.165) is 6.42 Å². The summed E-state index contributed by atoms with van der Waals surface area (Å²) in [5.74, 6) is 0.134. The molecule has 1 atom stereocenters. The molecule has 0 aromatic carbocycles. The standard InChI is InChI=1S/C10H17N5O2S/c1-7(10(16)12-4-3-5-17-2)15-6-13-9(14-15)8(11)18/h6-7H,3-5H2,1-2H3,(H2,11,18)(H,12,16). The van der Waals surface area contributed by atoms with Crippen LogP contribution in [0.2, 0.25) is 0 Å². The number of carbonyl (C=O) groups excluding carboxylic acids is 1. The highest BCUT2D eigenvalue weighted by atomic mass is 32.1. The van der Waals surface area contributed by atoms with Crippen LogP contribution in [0.5, 0.6) is 0 Å². The summed E-state index contributed by atoms with van der Waals surface area (Å²) in [6, 6.07) is -0.455. The fourth-order valence-electron chi connectivity index (χ4n) is 1.27. The van der Waals surface area contributed by atoms with Crippen LogP contribution in [0, 0.1) is 0 Å². The molecule has 0 spiro atoms. The third-order valence-electron chi connectivity index (χ3n) is 2.33. The summed E-state index contributed by atoms with van der Waals surface area (Å²) in [6.07, 6.45) is 2.21. The Labute approximate surface area is 111 Å². The Hall–Kier alpha value is -1.54. The number of aromatic nitrogens is 3. The zero-order valence-corrected chi connectivity index (χ0v) is 11.2. The lowest BCUT2D eigenvalue weighted by Crippen LogP contribution is -2.32. The second-order valence-corrected chi connectivity index (χ2v) is 4.17. The van der Waals surface area contributed by atoms with Crippen molar-refractivity contribution >= 4 is 23.1 Å². The van der Waals surface area contributed by atoms with Crippen molar-refractivity contribution in [3.05, 3.63) is 12.2 Å². The first-order valence-corrected chi connectivity index (χ1v) is 5.94. The summed E-state index contributed by atoms with van der Waals surface area (Å²) < 4.78 is 6.32. The minimum atomic E-state index is -0.455. The molecule has 0 saturated heterocycles. The molecule has 0 saturated carbocycles. The summed E-state index contributed by atoms with van der Waals surface area (Å²) in [7, 11) is 1.62. The second kappa shape index (κ2) is 7.02. The number of nitrogens with zero attached hydrogens (tertiary/aromatic N) is 3. The Balaban J connectivity index is 2.49. The molecule has 1 aromatic heterocycles. The van der Waals surface area contributed by atoms with Gasteiger partial charge in [-0.1, -0.05) is 12.2 Å². The van der Waals surface area contributed by atoms with Gasteiger partial charge in [0.15, 0.2) is 0 Å². The first-order valence-electron chi connectivity index (χ1n) is 5.54. The number of rotatable bonds is 7. The molecule has 0 aliphatic rings. The summed E-state index contributed by atoms with van der Waals surface area (Å²) in [5.41, 5.74) is 5.40. The molecule has 8 heteroatoms. The zero-order valence-electron chi connectivity index (χ0n) is 10.4. The molecule has 0 radical (unpaired) electrons. The normalized spacial score (nSPS) is 12.1. The van der Waals surface area contributed by atoms with Crippen molar-refractivity contribution in [2.75, 3.05) is 20.3 Å². The van der Waals surface area contributed by atoms with Gasteiger partial charge in [-0.2, -0.15) is 0 Å². The molecule has 7 nitrogen and oxygen atoms in total. The Morgan fingerprint density at radius 2 is 2.44 bits per heavy atom. The molecule has 0 aliphatic heterocycles. The molecule has 1 aromatic rings. The van der Waals surface area contributed by atoms with Crippen molar-refractivity contribution in [1.82, 2.24) is 20.1 Å². The van der Waals surface area contributed by atoms with Crippen molar-refractivity contribution in [1.29, 1.82) is 0 Å². The van der Waals surface area contributed by atoms with E-state index in [-0.39, 0.29) is 16.7 Å². The smallest absolute Gasteiger partial charge is 0.244 e. The number of hydrogen-bond acceptors (Lipinski definition) is 5. The van der Waals surface area contributed by atoms with E-state index >= 15 is 0 Å². The topological polar surface area (TPSA) is 95.1 Å². The van der Waals surface area contributed by atoms with Gasteiger partial charge in [0.25, 0.3) is 0 Å². The quantitative estimate of drug-likeness (QED) is 0.519. The maximum absolute atomic E-state index is 11.8. The van der Waals surface area contributed by atoms with Gasteiger partial charge in [-0.05, 0) is 13.3 Å². The van der Waals surface area contributed by atoms with Crippen LogP contribution in [0.4, 0.5) is 0 Å². The minimum Gasteiger partial charge on any atom is -0.387 e. The number of nitrogens with one attached hydrogen (secondary N) is 1. The number of hydrogen-bond donors (Lipinski definition) is 2. The number of amides is 1. The number of methoxy groups -OCH3 is 1. The van der Waals surface area contributed by atoms with E-state index in [1.165, 1.54) is 11.0 Å². The van der Waals surface area contributed by atoms with E-state index in [1.807, 2.05) is 0 Å². The first-order chi connectivity index (χ1) is 8.56. The van der Waals surface area contributed by atoms with Gasteiger partial charge in [0.2, 0.25) is 11.7 Å². The first kappa shape index (κ1) is 14.5. The lowest BCUT2D eigenvalue weighted by Gasteiger charge is -2.11.